The van der Waals surface area contributed by atoms with Crippen molar-refractivity contribution in [1.29, 1.82) is 0 Å². The van der Waals surface area contributed by atoms with Gasteiger partial charge in [0.1, 0.15) is 17.3 Å². The summed E-state index contributed by atoms with van der Waals surface area (Å²) >= 11 is 5.89. The van der Waals surface area contributed by atoms with Crippen LogP contribution in [-0.4, -0.2) is 25.1 Å². The molecule has 1 amide bonds. The van der Waals surface area contributed by atoms with Crippen molar-refractivity contribution < 1.29 is 14.3 Å². The van der Waals surface area contributed by atoms with Crippen LogP contribution in [0.15, 0.2) is 60.8 Å². The molecule has 7 heteroatoms. The Morgan fingerprint density at radius 2 is 1.68 bits per heavy atom. The van der Waals surface area contributed by atoms with Crippen molar-refractivity contribution in [3.63, 3.8) is 0 Å². The van der Waals surface area contributed by atoms with Crippen LogP contribution in [-0.2, 0) is 6.54 Å². The van der Waals surface area contributed by atoms with Gasteiger partial charge in [0.25, 0.3) is 5.91 Å². The normalized spacial score (nSPS) is 10.2. The van der Waals surface area contributed by atoms with E-state index in [1.54, 1.807) is 30.5 Å². The topological polar surface area (TPSA) is 72.5 Å². The van der Waals surface area contributed by atoms with Crippen molar-refractivity contribution in [3.8, 4) is 11.5 Å². The molecule has 2 aromatic carbocycles. The number of aromatic nitrogens is 1. The van der Waals surface area contributed by atoms with E-state index in [9.17, 15) is 4.79 Å². The molecule has 0 saturated carbocycles. The Morgan fingerprint density at radius 1 is 1.00 bits per heavy atom. The Balaban J connectivity index is 1.62. The number of hydrogen-bond donors (Lipinski definition) is 2. The molecule has 0 unspecified atom stereocenters. The minimum absolute atomic E-state index is 0.299. The third-order valence-corrected chi connectivity index (χ3v) is 4.28. The molecule has 3 rings (SSSR count). The Morgan fingerprint density at radius 3 is 2.25 bits per heavy atom. The molecular weight excluding hydrogens is 378 g/mol. The molecule has 0 aliphatic carbocycles. The molecule has 28 heavy (non-hydrogen) atoms. The van der Waals surface area contributed by atoms with Crippen molar-refractivity contribution in [2.24, 2.45) is 0 Å². The summed E-state index contributed by atoms with van der Waals surface area (Å²) in [5, 5.41) is 6.74. The molecule has 3 aromatic rings. The molecule has 1 heterocycles. The number of nitrogens with one attached hydrogen (secondary N) is 2. The van der Waals surface area contributed by atoms with Crippen LogP contribution in [0.4, 0.5) is 11.5 Å². The summed E-state index contributed by atoms with van der Waals surface area (Å²) in [6.07, 6.45) is 1.66. The lowest BCUT2D eigenvalue weighted by atomic mass is 10.2. The highest BCUT2D eigenvalue weighted by molar-refractivity contribution is 6.30. The maximum Gasteiger partial charge on any atom is 0.257 e. The van der Waals surface area contributed by atoms with Gasteiger partial charge in [-0.2, -0.15) is 0 Å². The van der Waals surface area contributed by atoms with Gasteiger partial charge < -0.3 is 20.1 Å². The summed E-state index contributed by atoms with van der Waals surface area (Å²) in [6.45, 7) is 0.647. The number of methoxy groups -OCH3 is 2. The predicted molar refractivity (Wildman–Crippen MR) is 111 cm³/mol. The summed E-state index contributed by atoms with van der Waals surface area (Å²) in [4.78, 5) is 16.8. The minimum atomic E-state index is -0.299. The number of carbonyl (C=O) groups excluding carboxylic acids is 1. The van der Waals surface area contributed by atoms with Crippen LogP contribution in [0.2, 0.25) is 5.02 Å². The maximum absolute atomic E-state index is 12.5. The van der Waals surface area contributed by atoms with E-state index >= 15 is 0 Å². The van der Waals surface area contributed by atoms with Gasteiger partial charge in [0.05, 0.1) is 26.1 Å². The average molecular weight is 398 g/mol. The zero-order valence-corrected chi connectivity index (χ0v) is 16.3. The molecule has 0 saturated heterocycles. The average Bonchev–Trinajstić information content (AvgIpc) is 2.74. The van der Waals surface area contributed by atoms with Crippen LogP contribution in [0.3, 0.4) is 0 Å². The van der Waals surface area contributed by atoms with Gasteiger partial charge in [0.15, 0.2) is 0 Å². The van der Waals surface area contributed by atoms with Gasteiger partial charge in [-0.1, -0.05) is 23.7 Å². The first kappa shape index (κ1) is 19.5. The first-order valence-electron chi connectivity index (χ1n) is 8.56. The number of amides is 1. The molecule has 0 bridgehead atoms. The second-order valence-corrected chi connectivity index (χ2v) is 6.40. The smallest absolute Gasteiger partial charge is 0.257 e. The molecule has 144 valence electrons. The van der Waals surface area contributed by atoms with E-state index in [1.807, 2.05) is 30.3 Å². The molecule has 0 atom stereocenters. The standard InChI is InChI=1S/C21H20ClN3O3/c1-27-18-9-15(10-19(11-18)28-2)21(26)25-20-8-7-17(13-24-20)23-12-14-3-5-16(22)6-4-14/h3-11,13,23H,12H2,1-2H3,(H,24,25,26). The first-order chi connectivity index (χ1) is 13.6. The summed E-state index contributed by atoms with van der Waals surface area (Å²) < 4.78 is 10.4. The Kier molecular flexibility index (Phi) is 6.34. The van der Waals surface area contributed by atoms with Crippen molar-refractivity contribution >= 4 is 29.0 Å². The van der Waals surface area contributed by atoms with Crippen molar-refractivity contribution in [1.82, 2.24) is 4.98 Å². The maximum atomic E-state index is 12.5. The number of nitrogens with zero attached hydrogens (tertiary/aromatic N) is 1. The minimum Gasteiger partial charge on any atom is -0.497 e. The SMILES string of the molecule is COc1cc(OC)cc(C(=O)Nc2ccc(NCc3ccc(Cl)cc3)cn2)c1. The van der Waals surface area contributed by atoms with Crippen molar-refractivity contribution in [2.75, 3.05) is 24.9 Å². The van der Waals surface area contributed by atoms with Gasteiger partial charge in [-0.15, -0.1) is 0 Å². The number of rotatable bonds is 7. The third kappa shape index (κ3) is 5.14. The Bertz CT molecular complexity index is 922. The van der Waals surface area contributed by atoms with Crippen molar-refractivity contribution in [3.05, 3.63) is 76.9 Å². The number of carbonyl (C=O) groups is 1. The summed E-state index contributed by atoms with van der Waals surface area (Å²) in [5.74, 6) is 1.23. The zero-order chi connectivity index (χ0) is 19.9. The lowest BCUT2D eigenvalue weighted by Crippen LogP contribution is -2.13. The largest absolute Gasteiger partial charge is 0.497 e. The summed E-state index contributed by atoms with van der Waals surface area (Å²) in [5.41, 5.74) is 2.37. The number of halogens is 1. The van der Waals surface area contributed by atoms with E-state index in [4.69, 9.17) is 21.1 Å². The van der Waals surface area contributed by atoms with Gasteiger partial charge in [-0.3, -0.25) is 4.79 Å². The van der Waals surface area contributed by atoms with E-state index in [1.165, 1.54) is 14.2 Å². The van der Waals surface area contributed by atoms with Crippen LogP contribution in [0, 0.1) is 0 Å². The van der Waals surface area contributed by atoms with Gasteiger partial charge in [-0.25, -0.2) is 4.98 Å². The lowest BCUT2D eigenvalue weighted by Gasteiger charge is -2.10. The van der Waals surface area contributed by atoms with E-state index in [0.29, 0.717) is 34.4 Å². The van der Waals surface area contributed by atoms with Crippen LogP contribution >= 0.6 is 11.6 Å². The van der Waals surface area contributed by atoms with E-state index < -0.39 is 0 Å². The molecular formula is C21H20ClN3O3. The summed E-state index contributed by atoms with van der Waals surface area (Å²) in [6, 6.07) is 16.2. The fourth-order valence-corrected chi connectivity index (χ4v) is 2.63. The van der Waals surface area contributed by atoms with Crippen LogP contribution in [0.25, 0.3) is 0 Å². The fourth-order valence-electron chi connectivity index (χ4n) is 2.51. The predicted octanol–water partition coefficient (Wildman–Crippen LogP) is 4.62. The highest BCUT2D eigenvalue weighted by Crippen LogP contribution is 2.23. The second-order valence-electron chi connectivity index (χ2n) is 5.97. The molecule has 2 N–H and O–H groups in total. The molecule has 0 radical (unpaired) electrons. The Hall–Kier alpha value is -3.25. The Labute approximate surface area is 168 Å². The molecule has 6 nitrogen and oxygen atoms in total. The zero-order valence-electron chi connectivity index (χ0n) is 15.5. The molecule has 0 fully saturated rings. The highest BCUT2D eigenvalue weighted by atomic mass is 35.5. The van der Waals surface area contributed by atoms with Gasteiger partial charge in [-0.05, 0) is 42.0 Å². The quantitative estimate of drug-likeness (QED) is 0.608. The van der Waals surface area contributed by atoms with Gasteiger partial charge in [0, 0.05) is 23.2 Å². The molecule has 1 aromatic heterocycles. The first-order valence-corrected chi connectivity index (χ1v) is 8.94. The number of pyridine rings is 1. The van der Waals surface area contributed by atoms with E-state index in [0.717, 1.165) is 11.3 Å². The monoisotopic (exact) mass is 397 g/mol. The summed E-state index contributed by atoms with van der Waals surface area (Å²) in [7, 11) is 3.07. The molecule has 0 spiro atoms. The van der Waals surface area contributed by atoms with Crippen LogP contribution < -0.4 is 20.1 Å². The highest BCUT2D eigenvalue weighted by Gasteiger charge is 2.11. The number of anilines is 2. The van der Waals surface area contributed by atoms with E-state index in [-0.39, 0.29) is 5.91 Å². The third-order valence-electron chi connectivity index (χ3n) is 4.03. The van der Waals surface area contributed by atoms with Gasteiger partial charge in [0.2, 0.25) is 0 Å². The van der Waals surface area contributed by atoms with E-state index in [2.05, 4.69) is 15.6 Å². The van der Waals surface area contributed by atoms with Crippen LogP contribution in [0.5, 0.6) is 11.5 Å². The lowest BCUT2D eigenvalue weighted by molar-refractivity contribution is 0.102. The van der Waals surface area contributed by atoms with Crippen molar-refractivity contribution in [2.45, 2.75) is 6.54 Å². The fraction of sp³-hybridized carbons (Fsp3) is 0.143. The number of hydrogen-bond acceptors (Lipinski definition) is 5. The van der Waals surface area contributed by atoms with Gasteiger partial charge >= 0.3 is 0 Å². The number of benzene rings is 2. The second kappa shape index (κ2) is 9.10. The molecule has 0 aliphatic heterocycles. The molecule has 0 aliphatic rings. The number of ether oxygens (including phenoxy) is 2. The van der Waals surface area contributed by atoms with Crippen LogP contribution in [0.1, 0.15) is 15.9 Å².